The van der Waals surface area contributed by atoms with Crippen LogP contribution in [0.4, 0.5) is 0 Å². The average molecular weight is 254 g/mol. The Balaban J connectivity index is 1.99. The second kappa shape index (κ2) is 5.69. The zero-order chi connectivity index (χ0) is 13.0. The number of rotatable bonds is 3. The van der Waals surface area contributed by atoms with Crippen LogP contribution in [0.25, 0.3) is 0 Å². The number of primary amides is 1. The van der Waals surface area contributed by atoms with Gasteiger partial charge in [0.15, 0.2) is 5.60 Å². The van der Waals surface area contributed by atoms with Crippen LogP contribution in [0.2, 0.25) is 0 Å². The van der Waals surface area contributed by atoms with Crippen LogP contribution in [0.3, 0.4) is 0 Å². The summed E-state index contributed by atoms with van der Waals surface area (Å²) in [7, 11) is 0. The molecule has 1 saturated heterocycles. The zero-order valence-electron chi connectivity index (χ0n) is 10.7. The second-order valence-corrected chi connectivity index (χ2v) is 5.36. The van der Waals surface area contributed by atoms with Crippen molar-refractivity contribution in [1.82, 2.24) is 5.32 Å². The Hall–Kier alpha value is -1.10. The Bertz CT molecular complexity index is 318. The minimum absolute atomic E-state index is 0.0793. The molecule has 18 heavy (non-hydrogen) atoms. The molecular weight excluding hydrogens is 232 g/mol. The predicted molar refractivity (Wildman–Crippen MR) is 66.7 cm³/mol. The van der Waals surface area contributed by atoms with Crippen molar-refractivity contribution in [1.29, 1.82) is 0 Å². The van der Waals surface area contributed by atoms with Gasteiger partial charge in [0.05, 0.1) is 5.92 Å². The van der Waals surface area contributed by atoms with Crippen LogP contribution in [-0.2, 0) is 14.3 Å². The van der Waals surface area contributed by atoms with Crippen molar-refractivity contribution >= 4 is 11.9 Å². The van der Waals surface area contributed by atoms with Gasteiger partial charge in [-0.1, -0.05) is 6.42 Å². The summed E-state index contributed by atoms with van der Waals surface area (Å²) in [4.78, 5) is 23.7. The van der Waals surface area contributed by atoms with Crippen molar-refractivity contribution in [2.24, 2.45) is 11.7 Å². The van der Waals surface area contributed by atoms with Gasteiger partial charge in [-0.05, 0) is 51.6 Å². The van der Waals surface area contributed by atoms with E-state index in [1.807, 2.05) is 0 Å². The van der Waals surface area contributed by atoms with Crippen LogP contribution in [0, 0.1) is 5.92 Å². The number of amides is 1. The van der Waals surface area contributed by atoms with E-state index in [1.165, 1.54) is 0 Å². The fourth-order valence-corrected chi connectivity index (χ4v) is 2.86. The van der Waals surface area contributed by atoms with Crippen molar-refractivity contribution < 1.29 is 14.3 Å². The van der Waals surface area contributed by atoms with Gasteiger partial charge in [-0.15, -0.1) is 0 Å². The first-order chi connectivity index (χ1) is 8.64. The van der Waals surface area contributed by atoms with Gasteiger partial charge in [0.2, 0.25) is 0 Å². The van der Waals surface area contributed by atoms with E-state index in [1.54, 1.807) is 0 Å². The van der Waals surface area contributed by atoms with Crippen molar-refractivity contribution in [3.8, 4) is 0 Å². The number of ether oxygens (including phenoxy) is 1. The first kappa shape index (κ1) is 13.3. The lowest BCUT2D eigenvalue weighted by atomic mass is 9.83. The highest BCUT2D eigenvalue weighted by Crippen LogP contribution is 2.33. The Labute approximate surface area is 107 Å². The van der Waals surface area contributed by atoms with Crippen molar-refractivity contribution in [3.63, 3.8) is 0 Å². The second-order valence-electron chi connectivity index (χ2n) is 5.36. The predicted octanol–water partition coefficient (Wildman–Crippen LogP) is 0.717. The first-order valence-electron chi connectivity index (χ1n) is 6.87. The highest BCUT2D eigenvalue weighted by molar-refractivity contribution is 5.87. The van der Waals surface area contributed by atoms with E-state index in [9.17, 15) is 9.59 Å². The summed E-state index contributed by atoms with van der Waals surface area (Å²) in [5.41, 5.74) is 4.42. The fraction of sp³-hybridized carbons (Fsp3) is 0.846. The number of piperidine rings is 1. The molecule has 0 radical (unpaired) electrons. The summed E-state index contributed by atoms with van der Waals surface area (Å²) < 4.78 is 5.54. The molecular formula is C13H22N2O3. The lowest BCUT2D eigenvalue weighted by molar-refractivity contribution is -0.175. The highest BCUT2D eigenvalue weighted by Gasteiger charge is 2.43. The molecule has 3 N–H and O–H groups in total. The molecule has 5 nitrogen and oxygen atoms in total. The first-order valence-corrected chi connectivity index (χ1v) is 6.87. The molecule has 1 aliphatic carbocycles. The topological polar surface area (TPSA) is 81.4 Å². The van der Waals surface area contributed by atoms with Gasteiger partial charge in [0.1, 0.15) is 0 Å². The summed E-state index contributed by atoms with van der Waals surface area (Å²) in [6.07, 6.45) is 5.63. The van der Waals surface area contributed by atoms with Crippen LogP contribution in [0.5, 0.6) is 0 Å². The Morgan fingerprint density at radius 2 is 1.72 bits per heavy atom. The van der Waals surface area contributed by atoms with E-state index < -0.39 is 11.5 Å². The van der Waals surface area contributed by atoms with E-state index in [0.29, 0.717) is 12.8 Å². The molecule has 0 aromatic rings. The Kier molecular flexibility index (Phi) is 4.22. The number of carbonyl (C=O) groups is 2. The molecule has 102 valence electrons. The van der Waals surface area contributed by atoms with E-state index in [0.717, 1.165) is 45.2 Å². The molecule has 0 atom stereocenters. The van der Waals surface area contributed by atoms with Gasteiger partial charge < -0.3 is 15.8 Å². The number of hydrogen-bond donors (Lipinski definition) is 2. The molecule has 0 aromatic heterocycles. The largest absolute Gasteiger partial charge is 0.449 e. The van der Waals surface area contributed by atoms with Crippen LogP contribution in [0.1, 0.15) is 44.9 Å². The van der Waals surface area contributed by atoms with Gasteiger partial charge in [0.25, 0.3) is 5.91 Å². The molecule has 0 unspecified atom stereocenters. The summed E-state index contributed by atoms with van der Waals surface area (Å²) in [5, 5.41) is 3.21. The number of esters is 1. The van der Waals surface area contributed by atoms with Gasteiger partial charge in [-0.3, -0.25) is 9.59 Å². The van der Waals surface area contributed by atoms with Crippen molar-refractivity contribution in [2.45, 2.75) is 50.5 Å². The van der Waals surface area contributed by atoms with Crippen LogP contribution in [-0.4, -0.2) is 30.6 Å². The molecule has 1 saturated carbocycles. The van der Waals surface area contributed by atoms with Gasteiger partial charge >= 0.3 is 5.97 Å². The molecule has 1 heterocycles. The quantitative estimate of drug-likeness (QED) is 0.727. The summed E-state index contributed by atoms with van der Waals surface area (Å²) in [6, 6.07) is 0. The zero-order valence-corrected chi connectivity index (χ0v) is 10.7. The number of nitrogens with two attached hydrogens (primary N) is 1. The van der Waals surface area contributed by atoms with E-state index in [2.05, 4.69) is 5.32 Å². The lowest BCUT2D eigenvalue weighted by Gasteiger charge is -2.35. The standard InChI is InChI=1S/C13H22N2O3/c14-12(17)13(6-2-1-3-7-13)18-11(16)10-4-8-15-9-5-10/h10,15H,1-9H2,(H2,14,17). The Morgan fingerprint density at radius 3 is 2.28 bits per heavy atom. The highest BCUT2D eigenvalue weighted by atomic mass is 16.6. The maximum Gasteiger partial charge on any atom is 0.310 e. The Morgan fingerprint density at radius 1 is 1.11 bits per heavy atom. The maximum absolute atomic E-state index is 12.1. The molecule has 5 heteroatoms. The molecule has 1 amide bonds. The third-order valence-corrected chi connectivity index (χ3v) is 4.08. The van der Waals surface area contributed by atoms with E-state index in [-0.39, 0.29) is 11.9 Å². The normalized spacial score (nSPS) is 24.4. The van der Waals surface area contributed by atoms with Crippen LogP contribution < -0.4 is 11.1 Å². The lowest BCUT2D eigenvalue weighted by Crippen LogP contribution is -2.50. The molecule has 2 aliphatic rings. The van der Waals surface area contributed by atoms with Crippen LogP contribution in [0.15, 0.2) is 0 Å². The number of carbonyl (C=O) groups excluding carboxylic acids is 2. The molecule has 0 bridgehead atoms. The summed E-state index contributed by atoms with van der Waals surface area (Å²) in [5.74, 6) is -0.800. The minimum atomic E-state index is -1.03. The molecule has 0 spiro atoms. The maximum atomic E-state index is 12.1. The molecule has 2 fully saturated rings. The fourth-order valence-electron chi connectivity index (χ4n) is 2.86. The summed E-state index contributed by atoms with van der Waals surface area (Å²) in [6.45, 7) is 1.67. The van der Waals surface area contributed by atoms with Gasteiger partial charge in [-0.2, -0.15) is 0 Å². The molecule has 1 aliphatic heterocycles. The average Bonchev–Trinajstić information content (AvgIpc) is 2.40. The number of nitrogens with one attached hydrogen (secondary N) is 1. The van der Waals surface area contributed by atoms with Crippen molar-refractivity contribution in [3.05, 3.63) is 0 Å². The number of hydrogen-bond acceptors (Lipinski definition) is 4. The van der Waals surface area contributed by atoms with E-state index >= 15 is 0 Å². The van der Waals surface area contributed by atoms with E-state index in [4.69, 9.17) is 10.5 Å². The van der Waals surface area contributed by atoms with Crippen molar-refractivity contribution in [2.75, 3.05) is 13.1 Å². The SMILES string of the molecule is NC(=O)C1(OC(=O)C2CCNCC2)CCCCC1. The van der Waals surface area contributed by atoms with Crippen LogP contribution >= 0.6 is 0 Å². The third kappa shape index (κ3) is 2.83. The smallest absolute Gasteiger partial charge is 0.310 e. The molecule has 0 aromatic carbocycles. The minimum Gasteiger partial charge on any atom is -0.449 e. The molecule has 2 rings (SSSR count). The van der Waals surface area contributed by atoms with Gasteiger partial charge in [0, 0.05) is 0 Å². The summed E-state index contributed by atoms with van der Waals surface area (Å²) >= 11 is 0. The third-order valence-electron chi connectivity index (χ3n) is 4.08. The van der Waals surface area contributed by atoms with Gasteiger partial charge in [-0.25, -0.2) is 0 Å². The monoisotopic (exact) mass is 254 g/mol.